The second-order valence-corrected chi connectivity index (χ2v) is 5.44. The van der Waals surface area contributed by atoms with E-state index in [0.29, 0.717) is 12.6 Å². The summed E-state index contributed by atoms with van der Waals surface area (Å²) in [5.41, 5.74) is 1.42. The van der Waals surface area contributed by atoms with Crippen LogP contribution in [0.15, 0.2) is 6.07 Å². The molecule has 1 atom stereocenters. The quantitative estimate of drug-likeness (QED) is 0.732. The SMILES string of the molecule is Cc1cc(C(C)NCCCCO)c(C)s1. The third kappa shape index (κ3) is 3.93. The molecular weight excluding hydrogens is 206 g/mol. The molecule has 1 unspecified atom stereocenters. The van der Waals surface area contributed by atoms with Crippen LogP contribution in [0.5, 0.6) is 0 Å². The lowest BCUT2D eigenvalue weighted by Gasteiger charge is -2.13. The lowest BCUT2D eigenvalue weighted by Crippen LogP contribution is -2.20. The third-order valence-electron chi connectivity index (χ3n) is 2.58. The molecule has 0 aliphatic rings. The minimum Gasteiger partial charge on any atom is -0.396 e. The first-order valence-corrected chi connectivity index (χ1v) is 6.38. The predicted molar refractivity (Wildman–Crippen MR) is 66.5 cm³/mol. The average molecular weight is 227 g/mol. The molecule has 0 fully saturated rings. The lowest BCUT2D eigenvalue weighted by atomic mass is 10.1. The Morgan fingerprint density at radius 3 is 2.67 bits per heavy atom. The van der Waals surface area contributed by atoms with Gasteiger partial charge in [0.05, 0.1) is 0 Å². The zero-order valence-electron chi connectivity index (χ0n) is 9.84. The van der Waals surface area contributed by atoms with Crippen molar-refractivity contribution in [2.45, 2.75) is 39.7 Å². The minimum absolute atomic E-state index is 0.298. The van der Waals surface area contributed by atoms with Crippen molar-refractivity contribution in [3.63, 3.8) is 0 Å². The molecule has 0 amide bonds. The smallest absolute Gasteiger partial charge is 0.0431 e. The monoisotopic (exact) mass is 227 g/mol. The number of nitrogens with one attached hydrogen (secondary N) is 1. The van der Waals surface area contributed by atoms with Crippen molar-refractivity contribution in [2.75, 3.05) is 13.2 Å². The van der Waals surface area contributed by atoms with Gasteiger partial charge in [0.1, 0.15) is 0 Å². The summed E-state index contributed by atoms with van der Waals surface area (Å²) in [4.78, 5) is 2.79. The summed E-state index contributed by atoms with van der Waals surface area (Å²) in [5, 5.41) is 12.2. The molecule has 2 nitrogen and oxygen atoms in total. The predicted octanol–water partition coefficient (Wildman–Crippen LogP) is 2.79. The van der Waals surface area contributed by atoms with Crippen LogP contribution in [-0.4, -0.2) is 18.3 Å². The molecule has 2 N–H and O–H groups in total. The summed E-state index contributed by atoms with van der Waals surface area (Å²) in [5.74, 6) is 0. The molecule has 0 aliphatic carbocycles. The summed E-state index contributed by atoms with van der Waals surface area (Å²) in [6.45, 7) is 7.81. The van der Waals surface area contributed by atoms with Crippen LogP contribution < -0.4 is 5.32 Å². The van der Waals surface area contributed by atoms with Crippen LogP contribution in [0.25, 0.3) is 0 Å². The van der Waals surface area contributed by atoms with E-state index in [-0.39, 0.29) is 0 Å². The van der Waals surface area contributed by atoms with E-state index in [2.05, 4.69) is 32.2 Å². The maximum atomic E-state index is 8.67. The highest BCUT2D eigenvalue weighted by atomic mass is 32.1. The molecule has 15 heavy (non-hydrogen) atoms. The zero-order valence-corrected chi connectivity index (χ0v) is 10.7. The second kappa shape index (κ2) is 6.26. The fraction of sp³-hybridized carbons (Fsp3) is 0.667. The second-order valence-electron chi connectivity index (χ2n) is 3.98. The first kappa shape index (κ1) is 12.7. The normalized spacial score (nSPS) is 13.1. The summed E-state index contributed by atoms with van der Waals surface area (Å²) in [6, 6.07) is 2.69. The standard InChI is InChI=1S/C12H21NOS/c1-9-8-12(11(3)15-9)10(2)13-6-4-5-7-14/h8,10,13-14H,4-7H2,1-3H3. The number of aryl methyl sites for hydroxylation is 2. The molecule has 1 heterocycles. The van der Waals surface area contributed by atoms with Gasteiger partial charge in [0.15, 0.2) is 0 Å². The third-order valence-corrected chi connectivity index (χ3v) is 3.56. The van der Waals surface area contributed by atoms with E-state index in [4.69, 9.17) is 5.11 Å². The van der Waals surface area contributed by atoms with Crippen molar-refractivity contribution in [1.29, 1.82) is 0 Å². The van der Waals surface area contributed by atoms with Gasteiger partial charge < -0.3 is 10.4 Å². The van der Waals surface area contributed by atoms with Crippen molar-refractivity contribution in [3.05, 3.63) is 21.4 Å². The summed E-state index contributed by atoms with van der Waals surface area (Å²) >= 11 is 1.86. The molecule has 0 aliphatic heterocycles. The fourth-order valence-electron chi connectivity index (χ4n) is 1.75. The van der Waals surface area contributed by atoms with Crippen molar-refractivity contribution >= 4 is 11.3 Å². The molecule has 0 saturated heterocycles. The number of hydrogen-bond donors (Lipinski definition) is 2. The summed E-state index contributed by atoms with van der Waals surface area (Å²) in [6.07, 6.45) is 1.93. The van der Waals surface area contributed by atoms with Crippen LogP contribution in [0.3, 0.4) is 0 Å². The van der Waals surface area contributed by atoms with E-state index in [1.54, 1.807) is 0 Å². The van der Waals surface area contributed by atoms with Gasteiger partial charge in [-0.25, -0.2) is 0 Å². The maximum Gasteiger partial charge on any atom is 0.0431 e. The van der Waals surface area contributed by atoms with Gasteiger partial charge in [0, 0.05) is 22.4 Å². The van der Waals surface area contributed by atoms with Crippen LogP contribution in [0.1, 0.15) is 41.1 Å². The Balaban J connectivity index is 2.39. The van der Waals surface area contributed by atoms with Gasteiger partial charge in [0.2, 0.25) is 0 Å². The molecule has 1 aromatic rings. The number of rotatable bonds is 6. The van der Waals surface area contributed by atoms with Crippen molar-refractivity contribution in [1.82, 2.24) is 5.32 Å². The topological polar surface area (TPSA) is 32.3 Å². The first-order valence-electron chi connectivity index (χ1n) is 5.56. The highest BCUT2D eigenvalue weighted by Crippen LogP contribution is 2.25. The van der Waals surface area contributed by atoms with E-state index < -0.39 is 0 Å². The molecule has 0 saturated carbocycles. The summed E-state index contributed by atoms with van der Waals surface area (Å²) in [7, 11) is 0. The number of unbranched alkanes of at least 4 members (excludes halogenated alkanes) is 1. The Bertz CT molecular complexity index is 296. The van der Waals surface area contributed by atoms with E-state index in [1.807, 2.05) is 11.3 Å². The highest BCUT2D eigenvalue weighted by molar-refractivity contribution is 7.12. The van der Waals surface area contributed by atoms with Crippen LogP contribution in [0.2, 0.25) is 0 Å². The van der Waals surface area contributed by atoms with E-state index in [0.717, 1.165) is 19.4 Å². The van der Waals surface area contributed by atoms with Crippen molar-refractivity contribution < 1.29 is 5.11 Å². The van der Waals surface area contributed by atoms with Crippen molar-refractivity contribution in [2.24, 2.45) is 0 Å². The Morgan fingerprint density at radius 2 is 2.13 bits per heavy atom. The average Bonchev–Trinajstić information content (AvgIpc) is 2.52. The number of thiophene rings is 1. The van der Waals surface area contributed by atoms with Gasteiger partial charge in [-0.2, -0.15) is 0 Å². The largest absolute Gasteiger partial charge is 0.396 e. The van der Waals surface area contributed by atoms with Gasteiger partial charge in [-0.05, 0) is 51.8 Å². The molecule has 0 radical (unpaired) electrons. The minimum atomic E-state index is 0.298. The molecule has 0 spiro atoms. The van der Waals surface area contributed by atoms with Gasteiger partial charge in [-0.3, -0.25) is 0 Å². The Hall–Kier alpha value is -0.380. The van der Waals surface area contributed by atoms with E-state index in [9.17, 15) is 0 Å². The number of aliphatic hydroxyl groups excluding tert-OH is 1. The van der Waals surface area contributed by atoms with E-state index >= 15 is 0 Å². The first-order chi connectivity index (χ1) is 7.15. The van der Waals surface area contributed by atoms with Gasteiger partial charge >= 0.3 is 0 Å². The molecule has 0 bridgehead atoms. The van der Waals surface area contributed by atoms with Crippen LogP contribution >= 0.6 is 11.3 Å². The molecular formula is C12H21NOS. The highest BCUT2D eigenvalue weighted by Gasteiger charge is 2.09. The van der Waals surface area contributed by atoms with E-state index in [1.165, 1.54) is 15.3 Å². The maximum absolute atomic E-state index is 8.67. The van der Waals surface area contributed by atoms with Crippen LogP contribution in [0, 0.1) is 13.8 Å². The molecule has 0 aromatic carbocycles. The Labute approximate surface area is 96.3 Å². The van der Waals surface area contributed by atoms with Gasteiger partial charge in [-0.1, -0.05) is 0 Å². The fourth-order valence-corrected chi connectivity index (χ4v) is 2.77. The number of aliphatic hydroxyl groups is 1. The molecule has 1 aromatic heterocycles. The Kier molecular flexibility index (Phi) is 5.29. The summed E-state index contributed by atoms with van der Waals surface area (Å²) < 4.78 is 0. The molecule has 1 rings (SSSR count). The molecule has 3 heteroatoms. The zero-order chi connectivity index (χ0) is 11.3. The lowest BCUT2D eigenvalue weighted by molar-refractivity contribution is 0.283. The van der Waals surface area contributed by atoms with Crippen molar-refractivity contribution in [3.8, 4) is 0 Å². The molecule has 86 valence electrons. The number of hydrogen-bond acceptors (Lipinski definition) is 3. The van der Waals surface area contributed by atoms with Gasteiger partial charge in [-0.15, -0.1) is 11.3 Å². The van der Waals surface area contributed by atoms with Crippen LogP contribution in [0.4, 0.5) is 0 Å². The van der Waals surface area contributed by atoms with Gasteiger partial charge in [0.25, 0.3) is 0 Å². The Morgan fingerprint density at radius 1 is 1.40 bits per heavy atom. The van der Waals surface area contributed by atoms with Crippen LogP contribution in [-0.2, 0) is 0 Å².